The standard InChI is InChI=1S/C21H27N5/c1-16-9-11-18(12-10-16)15-24-21(22-3)23-13-6-14-26-17(2)25-19-7-4-5-8-20(19)26/h4-5,7-12H,6,13-15H2,1-3H3,(H2,22,23,24). The summed E-state index contributed by atoms with van der Waals surface area (Å²) in [5.41, 5.74) is 4.79. The summed E-state index contributed by atoms with van der Waals surface area (Å²) in [5, 5.41) is 6.75. The van der Waals surface area contributed by atoms with Crippen molar-refractivity contribution >= 4 is 17.0 Å². The molecule has 0 aliphatic heterocycles. The lowest BCUT2D eigenvalue weighted by molar-refractivity contribution is 0.624. The van der Waals surface area contributed by atoms with Gasteiger partial charge in [0.1, 0.15) is 5.82 Å². The maximum atomic E-state index is 4.62. The molecule has 0 aliphatic carbocycles. The lowest BCUT2D eigenvalue weighted by Crippen LogP contribution is -2.37. The van der Waals surface area contributed by atoms with E-state index in [4.69, 9.17) is 0 Å². The van der Waals surface area contributed by atoms with Crippen LogP contribution in [0.4, 0.5) is 0 Å². The van der Waals surface area contributed by atoms with Crippen molar-refractivity contribution in [1.82, 2.24) is 20.2 Å². The van der Waals surface area contributed by atoms with Crippen LogP contribution in [0, 0.1) is 13.8 Å². The molecule has 0 amide bonds. The third kappa shape index (κ3) is 4.42. The summed E-state index contributed by atoms with van der Waals surface area (Å²) in [7, 11) is 1.80. The van der Waals surface area contributed by atoms with Gasteiger partial charge in [0, 0.05) is 26.7 Å². The zero-order valence-corrected chi connectivity index (χ0v) is 15.8. The highest BCUT2D eigenvalue weighted by Crippen LogP contribution is 2.15. The van der Waals surface area contributed by atoms with E-state index in [9.17, 15) is 0 Å². The summed E-state index contributed by atoms with van der Waals surface area (Å²) >= 11 is 0. The molecule has 2 N–H and O–H groups in total. The van der Waals surface area contributed by atoms with Crippen LogP contribution < -0.4 is 10.6 Å². The SMILES string of the molecule is CN=C(NCCCn1c(C)nc2ccccc21)NCc1ccc(C)cc1. The molecule has 0 atom stereocenters. The second-order valence-corrected chi connectivity index (χ2v) is 6.49. The van der Waals surface area contributed by atoms with Gasteiger partial charge in [-0.1, -0.05) is 42.0 Å². The normalized spacial score (nSPS) is 11.7. The maximum absolute atomic E-state index is 4.62. The fourth-order valence-corrected chi connectivity index (χ4v) is 3.03. The number of aromatic nitrogens is 2. The number of rotatable bonds is 6. The zero-order valence-electron chi connectivity index (χ0n) is 15.8. The first-order valence-electron chi connectivity index (χ1n) is 9.09. The Morgan fingerprint density at radius 2 is 1.81 bits per heavy atom. The number of aryl methyl sites for hydroxylation is 3. The molecule has 5 nitrogen and oxygen atoms in total. The number of hydrogen-bond acceptors (Lipinski definition) is 2. The van der Waals surface area contributed by atoms with E-state index in [1.165, 1.54) is 16.6 Å². The summed E-state index contributed by atoms with van der Waals surface area (Å²) in [6.45, 7) is 6.73. The molecular weight excluding hydrogens is 322 g/mol. The number of aliphatic imine (C=N–C) groups is 1. The van der Waals surface area contributed by atoms with E-state index < -0.39 is 0 Å². The average Bonchev–Trinajstić information content (AvgIpc) is 2.98. The first-order valence-corrected chi connectivity index (χ1v) is 9.09. The predicted octanol–water partition coefficient (Wildman–Crippen LogP) is 3.41. The Morgan fingerprint density at radius 3 is 2.58 bits per heavy atom. The molecule has 5 heteroatoms. The minimum atomic E-state index is 0.769. The van der Waals surface area contributed by atoms with E-state index in [1.54, 1.807) is 7.05 Å². The second kappa shape index (κ2) is 8.52. The van der Waals surface area contributed by atoms with E-state index in [1.807, 2.05) is 6.07 Å². The number of fused-ring (bicyclic) bond motifs is 1. The van der Waals surface area contributed by atoms with Gasteiger partial charge in [-0.05, 0) is 38.0 Å². The third-order valence-corrected chi connectivity index (χ3v) is 4.50. The van der Waals surface area contributed by atoms with Gasteiger partial charge in [0.15, 0.2) is 5.96 Å². The number of para-hydroxylation sites is 2. The Morgan fingerprint density at radius 1 is 1.04 bits per heavy atom. The lowest BCUT2D eigenvalue weighted by atomic mass is 10.1. The van der Waals surface area contributed by atoms with Crippen LogP contribution in [0.3, 0.4) is 0 Å². The quantitative estimate of drug-likeness (QED) is 0.407. The van der Waals surface area contributed by atoms with Gasteiger partial charge in [0.25, 0.3) is 0 Å². The predicted molar refractivity (Wildman–Crippen MR) is 108 cm³/mol. The first-order chi connectivity index (χ1) is 12.7. The van der Waals surface area contributed by atoms with E-state index in [0.29, 0.717) is 0 Å². The molecule has 0 bridgehead atoms. The van der Waals surface area contributed by atoms with Crippen LogP contribution in [0.5, 0.6) is 0 Å². The fourth-order valence-electron chi connectivity index (χ4n) is 3.03. The van der Waals surface area contributed by atoms with Gasteiger partial charge in [-0.2, -0.15) is 0 Å². The maximum Gasteiger partial charge on any atom is 0.191 e. The van der Waals surface area contributed by atoms with Crippen molar-refractivity contribution in [3.63, 3.8) is 0 Å². The van der Waals surface area contributed by atoms with Gasteiger partial charge in [-0.15, -0.1) is 0 Å². The molecule has 0 spiro atoms. The van der Waals surface area contributed by atoms with Crippen LogP contribution in [0.15, 0.2) is 53.5 Å². The molecule has 0 aliphatic rings. The highest BCUT2D eigenvalue weighted by Gasteiger charge is 2.06. The molecule has 3 aromatic rings. The zero-order chi connectivity index (χ0) is 18.4. The highest BCUT2D eigenvalue weighted by atomic mass is 15.2. The molecule has 0 unspecified atom stereocenters. The van der Waals surface area contributed by atoms with Crippen molar-refractivity contribution in [2.45, 2.75) is 33.4 Å². The van der Waals surface area contributed by atoms with Crippen LogP contribution in [0.1, 0.15) is 23.4 Å². The van der Waals surface area contributed by atoms with Crippen molar-refractivity contribution < 1.29 is 0 Å². The molecular formula is C21H27N5. The molecule has 26 heavy (non-hydrogen) atoms. The van der Waals surface area contributed by atoms with E-state index >= 15 is 0 Å². The Kier molecular flexibility index (Phi) is 5.89. The van der Waals surface area contributed by atoms with Gasteiger partial charge in [-0.25, -0.2) is 4.98 Å². The Balaban J connectivity index is 1.47. The number of nitrogens with one attached hydrogen (secondary N) is 2. The fraction of sp³-hybridized carbons (Fsp3) is 0.333. The van der Waals surface area contributed by atoms with Crippen molar-refractivity contribution in [1.29, 1.82) is 0 Å². The van der Waals surface area contributed by atoms with Crippen molar-refractivity contribution in [3.8, 4) is 0 Å². The van der Waals surface area contributed by atoms with Crippen LogP contribution in [-0.2, 0) is 13.1 Å². The number of imidazole rings is 1. The molecule has 1 aromatic heterocycles. The Bertz CT molecular complexity index is 877. The molecule has 0 saturated heterocycles. The van der Waals surface area contributed by atoms with Crippen molar-refractivity contribution in [2.75, 3.05) is 13.6 Å². The molecule has 3 rings (SSSR count). The molecule has 0 radical (unpaired) electrons. The lowest BCUT2D eigenvalue weighted by Gasteiger charge is -2.13. The van der Waals surface area contributed by atoms with E-state index in [2.05, 4.69) is 81.5 Å². The van der Waals surface area contributed by atoms with Crippen LogP contribution in [0.25, 0.3) is 11.0 Å². The average molecular weight is 349 g/mol. The van der Waals surface area contributed by atoms with Gasteiger partial charge in [0.2, 0.25) is 0 Å². The molecule has 136 valence electrons. The molecule has 0 fully saturated rings. The molecule has 1 heterocycles. The third-order valence-electron chi connectivity index (χ3n) is 4.50. The first kappa shape index (κ1) is 18.0. The van der Waals surface area contributed by atoms with Gasteiger partial charge >= 0.3 is 0 Å². The van der Waals surface area contributed by atoms with Crippen molar-refractivity contribution in [2.24, 2.45) is 4.99 Å². The molecule has 0 saturated carbocycles. The molecule has 2 aromatic carbocycles. The summed E-state index contributed by atoms with van der Waals surface area (Å²) in [5.74, 6) is 1.89. The van der Waals surface area contributed by atoms with Gasteiger partial charge < -0.3 is 15.2 Å². The van der Waals surface area contributed by atoms with Crippen molar-refractivity contribution in [3.05, 3.63) is 65.5 Å². The summed E-state index contributed by atoms with van der Waals surface area (Å²) in [4.78, 5) is 8.92. The number of benzene rings is 2. The van der Waals surface area contributed by atoms with Gasteiger partial charge in [0.05, 0.1) is 11.0 Å². The topological polar surface area (TPSA) is 54.2 Å². The largest absolute Gasteiger partial charge is 0.356 e. The monoisotopic (exact) mass is 349 g/mol. The summed E-state index contributed by atoms with van der Waals surface area (Å²) in [6.07, 6.45) is 1.01. The summed E-state index contributed by atoms with van der Waals surface area (Å²) in [6, 6.07) is 16.8. The minimum Gasteiger partial charge on any atom is -0.356 e. The number of hydrogen-bond donors (Lipinski definition) is 2. The number of nitrogens with zero attached hydrogens (tertiary/aromatic N) is 3. The van der Waals surface area contributed by atoms with E-state index in [0.717, 1.165) is 43.4 Å². The van der Waals surface area contributed by atoms with Crippen LogP contribution in [-0.4, -0.2) is 29.1 Å². The van der Waals surface area contributed by atoms with E-state index in [-0.39, 0.29) is 0 Å². The van der Waals surface area contributed by atoms with Crippen LogP contribution in [0.2, 0.25) is 0 Å². The Labute approximate surface area is 155 Å². The second-order valence-electron chi connectivity index (χ2n) is 6.49. The minimum absolute atomic E-state index is 0.769. The van der Waals surface area contributed by atoms with Crippen LogP contribution >= 0.6 is 0 Å². The Hall–Kier alpha value is -2.82. The summed E-state index contributed by atoms with van der Waals surface area (Å²) < 4.78 is 2.28. The van der Waals surface area contributed by atoms with Gasteiger partial charge in [-0.3, -0.25) is 4.99 Å². The smallest absolute Gasteiger partial charge is 0.191 e. The highest BCUT2D eigenvalue weighted by molar-refractivity contribution is 5.79. The number of guanidine groups is 1.